The zero-order chi connectivity index (χ0) is 77.8. The topological polar surface area (TPSA) is 428 Å². The summed E-state index contributed by atoms with van der Waals surface area (Å²) in [5.74, 6) is -7.84. The summed E-state index contributed by atoms with van der Waals surface area (Å²) in [6, 6.07) is 61.7. The molecule has 576 valence electrons. The fourth-order valence-corrected chi connectivity index (χ4v) is 11.9. The van der Waals surface area contributed by atoms with Crippen molar-refractivity contribution in [1.82, 2.24) is 0 Å². The van der Waals surface area contributed by atoms with Gasteiger partial charge < -0.3 is 107 Å². The van der Waals surface area contributed by atoms with E-state index in [1.54, 1.807) is 146 Å². The molecule has 0 bridgehead atoms. The molecule has 8 aromatic carbocycles. The van der Waals surface area contributed by atoms with Crippen molar-refractivity contribution in [2.24, 2.45) is 0 Å². The lowest BCUT2D eigenvalue weighted by atomic mass is 9.96. The van der Waals surface area contributed by atoms with Crippen LogP contribution in [0.1, 0.15) is 82.9 Å². The minimum atomic E-state index is -2.14. The highest BCUT2D eigenvalue weighted by molar-refractivity contribution is 5.93. The highest BCUT2D eigenvalue weighted by atomic mass is 16.8. The second-order valence-corrected chi connectivity index (χ2v) is 25.1. The molecule has 4 saturated heterocycles. The Morgan fingerprint density at radius 1 is 0.236 bits per heavy atom. The number of hydrogen-bond acceptors (Lipinski definition) is 30. The van der Waals surface area contributed by atoms with E-state index >= 15 is 0 Å². The van der Waals surface area contributed by atoms with Crippen LogP contribution in [0, 0.1) is 0 Å². The molecule has 4 aliphatic rings. The normalized spacial score (nSPS) is 27.6. The van der Waals surface area contributed by atoms with Crippen LogP contribution in [0.5, 0.6) is 0 Å². The maximum Gasteiger partial charge on any atom is 0.338 e. The molecule has 0 radical (unpaired) electrons. The van der Waals surface area contributed by atoms with E-state index in [1.807, 2.05) is 0 Å². The van der Waals surface area contributed by atoms with Crippen LogP contribution in [0.25, 0.3) is 0 Å². The fourth-order valence-electron chi connectivity index (χ4n) is 11.9. The Balaban J connectivity index is 0.000000445. The first kappa shape index (κ1) is 80.0. The van der Waals surface area contributed by atoms with Gasteiger partial charge in [0.2, 0.25) is 12.6 Å². The maximum atomic E-state index is 14.6. The standard InChI is InChI=1S/C68H54O19.C12H22O11/c69-59(43-25-9-1-10-26-43)77-41-51-53(81-61(71)45-29-13-3-14-30-45)55(83-63(73)47-33-17-5-18-34-47)57(85-65(75)49-37-21-7-22-38-49)67(79-51)87-68-58(86-66(76)50-39-23-8-24-40-50)56(84-64(74)48-35-19-6-20-36-48)54(82-62(72)46-31-15-4-16-32-46)52(80-68)42-78-60(70)44-27-11-2-12-28-44;13-1-3-5(15)7(17)9(19)11(21-3)23-12-10(20)8(18)6(16)4(2-14)22-12/h1-40,51-58,67-68H,41-42H2;3-20H,1-2H2/t51?,52?,53-,54+,55+,56?,57?,58?,67-,68+;3?,4?,5-,6+,7+,8?,9?,10?,11-,12+/m11/s1. The molecule has 8 N–H and O–H groups in total. The maximum absolute atomic E-state index is 14.6. The molecule has 10 unspecified atom stereocenters. The van der Waals surface area contributed by atoms with Gasteiger partial charge in [0.25, 0.3) is 0 Å². The Labute approximate surface area is 627 Å². The van der Waals surface area contributed by atoms with Gasteiger partial charge in [0.15, 0.2) is 49.2 Å². The summed E-state index contributed by atoms with van der Waals surface area (Å²) in [5, 5.41) is 76.4. The largest absolute Gasteiger partial charge is 0.459 e. The Morgan fingerprint density at radius 2 is 0.436 bits per heavy atom. The van der Waals surface area contributed by atoms with E-state index in [2.05, 4.69) is 0 Å². The van der Waals surface area contributed by atoms with Crippen LogP contribution in [0.3, 0.4) is 0 Å². The molecule has 110 heavy (non-hydrogen) atoms. The molecule has 4 heterocycles. The third-order valence-corrected chi connectivity index (χ3v) is 17.7. The number of ether oxygens (including phenoxy) is 14. The lowest BCUT2D eigenvalue weighted by Crippen LogP contribution is -2.67. The first-order valence-corrected chi connectivity index (χ1v) is 34.5. The van der Waals surface area contributed by atoms with Crippen molar-refractivity contribution in [2.45, 2.75) is 123 Å². The first-order chi connectivity index (χ1) is 53.3. The number of carbonyl (C=O) groups is 8. The zero-order valence-electron chi connectivity index (χ0n) is 58.0. The van der Waals surface area contributed by atoms with Crippen LogP contribution in [0.15, 0.2) is 243 Å². The molecule has 0 spiro atoms. The van der Waals surface area contributed by atoms with Crippen molar-refractivity contribution >= 4 is 47.8 Å². The summed E-state index contributed by atoms with van der Waals surface area (Å²) >= 11 is 0. The van der Waals surface area contributed by atoms with Crippen LogP contribution in [0.2, 0.25) is 0 Å². The van der Waals surface area contributed by atoms with Gasteiger partial charge in [-0.15, -0.1) is 0 Å². The van der Waals surface area contributed by atoms with Crippen LogP contribution in [0.4, 0.5) is 0 Å². The van der Waals surface area contributed by atoms with Gasteiger partial charge in [-0.1, -0.05) is 146 Å². The van der Waals surface area contributed by atoms with Crippen LogP contribution < -0.4 is 0 Å². The lowest BCUT2D eigenvalue weighted by molar-refractivity contribution is -0.376. The van der Waals surface area contributed by atoms with Gasteiger partial charge in [-0.2, -0.15) is 0 Å². The monoisotopic (exact) mass is 1520 g/mol. The average Bonchev–Trinajstić information content (AvgIpc) is 0.770. The molecule has 8 aromatic rings. The highest BCUT2D eigenvalue weighted by Gasteiger charge is 2.59. The number of esters is 8. The van der Waals surface area contributed by atoms with Gasteiger partial charge in [0.05, 0.1) is 57.7 Å². The summed E-state index contributed by atoms with van der Waals surface area (Å²) in [6.07, 6.45) is -34.9. The van der Waals surface area contributed by atoms with E-state index in [1.165, 1.54) is 97.1 Å². The number of rotatable bonds is 24. The van der Waals surface area contributed by atoms with E-state index in [9.17, 15) is 69.0 Å². The summed E-state index contributed by atoms with van der Waals surface area (Å²) in [6.45, 7) is -2.88. The summed E-state index contributed by atoms with van der Waals surface area (Å²) in [5.41, 5.74) is 0.197. The summed E-state index contributed by atoms with van der Waals surface area (Å²) in [4.78, 5) is 115. The van der Waals surface area contributed by atoms with Crippen molar-refractivity contribution < 1.29 is 146 Å². The molecular weight excluding hydrogens is 1440 g/mol. The van der Waals surface area contributed by atoms with Crippen LogP contribution in [-0.4, -0.2) is 238 Å². The van der Waals surface area contributed by atoms with Crippen molar-refractivity contribution in [3.63, 3.8) is 0 Å². The molecule has 30 nitrogen and oxygen atoms in total. The van der Waals surface area contributed by atoms with Crippen LogP contribution in [-0.2, 0) is 66.3 Å². The second-order valence-electron chi connectivity index (χ2n) is 25.1. The molecule has 4 fully saturated rings. The fraction of sp³-hybridized carbons (Fsp3) is 0.300. The van der Waals surface area contributed by atoms with E-state index in [0.717, 1.165) is 0 Å². The van der Waals surface area contributed by atoms with E-state index in [4.69, 9.17) is 76.5 Å². The molecule has 12 rings (SSSR count). The summed E-state index contributed by atoms with van der Waals surface area (Å²) in [7, 11) is 0. The van der Waals surface area contributed by atoms with Gasteiger partial charge in [0.1, 0.15) is 74.3 Å². The Bertz CT molecular complexity index is 4030. The molecule has 0 aromatic heterocycles. The van der Waals surface area contributed by atoms with Crippen LogP contribution >= 0.6 is 0 Å². The molecule has 30 heteroatoms. The first-order valence-electron chi connectivity index (χ1n) is 34.5. The van der Waals surface area contributed by atoms with Gasteiger partial charge in [0, 0.05) is 0 Å². The van der Waals surface area contributed by atoms with Crippen molar-refractivity contribution in [1.29, 1.82) is 0 Å². The predicted octanol–water partition coefficient (Wildman–Crippen LogP) is 4.12. The highest BCUT2D eigenvalue weighted by Crippen LogP contribution is 2.38. The van der Waals surface area contributed by atoms with E-state index < -0.39 is 197 Å². The minimum Gasteiger partial charge on any atom is -0.459 e. The number of hydrogen-bond donors (Lipinski definition) is 8. The molecular formula is C80H76O30. The third-order valence-electron chi connectivity index (χ3n) is 17.7. The van der Waals surface area contributed by atoms with E-state index in [0.29, 0.717) is 0 Å². The molecule has 0 amide bonds. The molecule has 0 aliphatic carbocycles. The van der Waals surface area contributed by atoms with E-state index in [-0.39, 0.29) is 44.5 Å². The van der Waals surface area contributed by atoms with Gasteiger partial charge >= 0.3 is 47.8 Å². The zero-order valence-corrected chi connectivity index (χ0v) is 58.0. The predicted molar refractivity (Wildman–Crippen MR) is 374 cm³/mol. The Kier molecular flexibility index (Phi) is 27.9. The smallest absolute Gasteiger partial charge is 0.338 e. The van der Waals surface area contributed by atoms with Crippen molar-refractivity contribution in [3.8, 4) is 0 Å². The van der Waals surface area contributed by atoms with Gasteiger partial charge in [-0.05, 0) is 97.1 Å². The quantitative estimate of drug-likeness (QED) is 0.0311. The van der Waals surface area contributed by atoms with Crippen molar-refractivity contribution in [3.05, 3.63) is 287 Å². The number of carbonyl (C=O) groups excluding carboxylic acids is 8. The number of aliphatic hydroxyl groups excluding tert-OH is 8. The number of benzene rings is 8. The Hall–Kier alpha value is -11.0. The molecule has 0 saturated carbocycles. The minimum absolute atomic E-state index is 0.00894. The average molecular weight is 1520 g/mol. The SMILES string of the molecule is O=C(OCC1O[C@@H](O[C@H]2OC(COC(=O)c3ccccc3)[C@@H](OC(=O)c3ccccc3)[C@H](OC(=O)c3ccccc3)C2OC(=O)c2ccccc2)C(OC(=O)c2ccccc2)C(OC(=O)c2ccccc2)[C@H]1OC(=O)c1ccccc1)c1ccccc1.OCC1O[C@@H](O[C@H]2OC(CO)[C@@H](O)[C@H](O)C2O)C(O)C(O)[C@H]1O. The summed E-state index contributed by atoms with van der Waals surface area (Å²) < 4.78 is 85.0. The third kappa shape index (κ3) is 20.1. The van der Waals surface area contributed by atoms with Gasteiger partial charge in [-0.25, -0.2) is 38.4 Å². The van der Waals surface area contributed by atoms with Gasteiger partial charge in [-0.3, -0.25) is 0 Å². The molecule has 4 aliphatic heterocycles. The van der Waals surface area contributed by atoms with Crippen molar-refractivity contribution in [2.75, 3.05) is 26.4 Å². The Morgan fingerprint density at radius 3 is 0.673 bits per heavy atom. The molecule has 20 atom stereocenters. The lowest BCUT2D eigenvalue weighted by Gasteiger charge is -2.48. The second kappa shape index (κ2) is 38.4. The number of aliphatic hydroxyl groups is 8.